The first-order valence-corrected chi connectivity index (χ1v) is 11.0. The van der Waals surface area contributed by atoms with Crippen LogP contribution in [-0.4, -0.2) is 28.3 Å². The molecule has 1 aromatic carbocycles. The average Bonchev–Trinajstić information content (AvgIpc) is 3.16. The Bertz CT molecular complexity index is 804. The van der Waals surface area contributed by atoms with Gasteiger partial charge >= 0.3 is 0 Å². The first kappa shape index (κ1) is 18.3. The van der Waals surface area contributed by atoms with E-state index in [1.54, 1.807) is 17.0 Å². The zero-order valence-electron chi connectivity index (χ0n) is 13.4. The maximum atomic E-state index is 12.1. The molecule has 1 aromatic heterocycles. The number of nitrogens with one attached hydrogen (secondary N) is 1. The van der Waals surface area contributed by atoms with E-state index < -0.39 is 10.8 Å². The average molecular weight is 441 g/mol. The van der Waals surface area contributed by atoms with Gasteiger partial charge in [0.15, 0.2) is 0 Å². The number of amides is 2. The molecule has 5 nitrogen and oxygen atoms in total. The van der Waals surface area contributed by atoms with Crippen molar-refractivity contribution in [3.8, 4) is 0 Å². The largest absolute Gasteiger partial charge is 0.325 e. The Kier molecular flexibility index (Phi) is 6.03. The van der Waals surface area contributed by atoms with E-state index in [-0.39, 0.29) is 17.6 Å². The van der Waals surface area contributed by atoms with Gasteiger partial charge in [-0.05, 0) is 63.6 Å². The third-order valence-electron chi connectivity index (χ3n) is 3.78. The monoisotopic (exact) mass is 440 g/mol. The number of rotatable bonds is 6. The Morgan fingerprint density at radius 3 is 2.68 bits per heavy atom. The van der Waals surface area contributed by atoms with E-state index in [1.807, 2.05) is 23.6 Å². The summed E-state index contributed by atoms with van der Waals surface area (Å²) in [5, 5.41) is 4.68. The van der Waals surface area contributed by atoms with Crippen molar-refractivity contribution in [3.05, 3.63) is 45.1 Å². The summed E-state index contributed by atoms with van der Waals surface area (Å²) in [6.07, 6.45) is 1.47. The second-order valence-electron chi connectivity index (χ2n) is 5.73. The lowest BCUT2D eigenvalue weighted by molar-refractivity contribution is -0.117. The van der Waals surface area contributed by atoms with Crippen LogP contribution in [0.5, 0.6) is 0 Å². The van der Waals surface area contributed by atoms with Crippen LogP contribution < -0.4 is 10.2 Å². The van der Waals surface area contributed by atoms with Crippen LogP contribution in [0.3, 0.4) is 0 Å². The minimum Gasteiger partial charge on any atom is -0.325 e. The molecule has 0 aliphatic carbocycles. The summed E-state index contributed by atoms with van der Waals surface area (Å²) in [6, 6.07) is 9.08. The topological polar surface area (TPSA) is 66.5 Å². The van der Waals surface area contributed by atoms with Gasteiger partial charge in [-0.2, -0.15) is 0 Å². The fourth-order valence-electron chi connectivity index (χ4n) is 2.65. The van der Waals surface area contributed by atoms with Crippen LogP contribution in [0.2, 0.25) is 0 Å². The zero-order chi connectivity index (χ0) is 17.8. The summed E-state index contributed by atoms with van der Waals surface area (Å²) in [7, 11) is -1.25. The van der Waals surface area contributed by atoms with Gasteiger partial charge in [-0.1, -0.05) is 0 Å². The van der Waals surface area contributed by atoms with Gasteiger partial charge in [0.1, 0.15) is 5.75 Å². The molecule has 2 amide bonds. The molecule has 25 heavy (non-hydrogen) atoms. The van der Waals surface area contributed by atoms with E-state index in [2.05, 4.69) is 21.2 Å². The molecule has 3 rings (SSSR count). The van der Waals surface area contributed by atoms with E-state index in [4.69, 9.17) is 0 Å². The fraction of sp³-hybridized carbons (Fsp3) is 0.294. The Labute approximate surface area is 161 Å². The number of anilines is 2. The van der Waals surface area contributed by atoms with E-state index in [0.29, 0.717) is 17.9 Å². The summed E-state index contributed by atoms with van der Waals surface area (Å²) < 4.78 is 13.1. The third-order valence-corrected chi connectivity index (χ3v) is 6.57. The van der Waals surface area contributed by atoms with Crippen LogP contribution in [0.25, 0.3) is 0 Å². The van der Waals surface area contributed by atoms with E-state index >= 15 is 0 Å². The van der Waals surface area contributed by atoms with Crippen LogP contribution in [0, 0.1) is 0 Å². The van der Waals surface area contributed by atoms with Crippen molar-refractivity contribution >= 4 is 61.3 Å². The summed E-state index contributed by atoms with van der Waals surface area (Å²) in [5.41, 5.74) is 2.44. The zero-order valence-corrected chi connectivity index (χ0v) is 16.6. The molecule has 0 radical (unpaired) electrons. The van der Waals surface area contributed by atoms with Crippen molar-refractivity contribution in [2.24, 2.45) is 0 Å². The lowest BCUT2D eigenvalue weighted by atomic mass is 10.2. The predicted molar refractivity (Wildman–Crippen MR) is 105 cm³/mol. The highest BCUT2D eigenvalue weighted by atomic mass is 79.9. The first-order valence-electron chi connectivity index (χ1n) is 7.79. The van der Waals surface area contributed by atoms with Crippen LogP contribution >= 0.6 is 27.3 Å². The van der Waals surface area contributed by atoms with Gasteiger partial charge in [-0.15, -0.1) is 11.3 Å². The van der Waals surface area contributed by atoms with Gasteiger partial charge < -0.3 is 10.2 Å². The number of hydrogen-bond acceptors (Lipinski definition) is 4. The van der Waals surface area contributed by atoms with Gasteiger partial charge in [0.05, 0.1) is 3.79 Å². The second-order valence-corrected chi connectivity index (χ2v) is 9.48. The molecule has 1 N–H and O–H groups in total. The molecule has 0 spiro atoms. The predicted octanol–water partition coefficient (Wildman–Crippen LogP) is 3.52. The van der Waals surface area contributed by atoms with Gasteiger partial charge in [0.2, 0.25) is 11.8 Å². The molecule has 2 aromatic rings. The van der Waals surface area contributed by atoms with E-state index in [9.17, 15) is 13.8 Å². The Morgan fingerprint density at radius 1 is 1.32 bits per heavy atom. The summed E-state index contributed by atoms with van der Waals surface area (Å²) in [6.45, 7) is 0.738. The summed E-state index contributed by atoms with van der Waals surface area (Å²) in [4.78, 5) is 25.5. The quantitative estimate of drug-likeness (QED) is 0.746. The van der Waals surface area contributed by atoms with Crippen molar-refractivity contribution in [1.29, 1.82) is 0 Å². The number of thiophene rings is 1. The molecule has 1 aliphatic heterocycles. The van der Waals surface area contributed by atoms with Crippen molar-refractivity contribution in [3.63, 3.8) is 0 Å². The Hall–Kier alpha value is -1.51. The molecule has 1 aliphatic rings. The van der Waals surface area contributed by atoms with E-state index in [0.717, 1.165) is 28.0 Å². The molecule has 1 fully saturated rings. The Balaban J connectivity index is 1.52. The summed E-state index contributed by atoms with van der Waals surface area (Å²) in [5.74, 6) is 0.176. The molecule has 8 heteroatoms. The highest BCUT2D eigenvalue weighted by Gasteiger charge is 2.21. The van der Waals surface area contributed by atoms with Gasteiger partial charge in [-0.25, -0.2) is 0 Å². The molecule has 0 bridgehead atoms. The molecular weight excluding hydrogens is 424 g/mol. The molecular formula is C17H17BrN2O3S2. The van der Waals surface area contributed by atoms with Gasteiger partial charge in [0, 0.05) is 40.9 Å². The van der Waals surface area contributed by atoms with Crippen LogP contribution in [0.15, 0.2) is 39.5 Å². The van der Waals surface area contributed by atoms with Gasteiger partial charge in [0.25, 0.3) is 0 Å². The minimum atomic E-state index is -1.25. The van der Waals surface area contributed by atoms with Crippen LogP contribution in [-0.2, 0) is 26.1 Å². The maximum absolute atomic E-state index is 12.1. The lowest BCUT2D eigenvalue weighted by Gasteiger charge is -2.16. The molecule has 0 saturated carbocycles. The highest BCUT2D eigenvalue weighted by Crippen LogP contribution is 2.23. The Morgan fingerprint density at radius 2 is 2.08 bits per heavy atom. The number of halogens is 1. The number of nitrogens with zero attached hydrogens (tertiary/aromatic N) is 1. The molecule has 1 saturated heterocycles. The normalized spacial score (nSPS) is 15.4. The number of carbonyl (C=O) groups is 2. The molecule has 132 valence electrons. The van der Waals surface area contributed by atoms with Crippen molar-refractivity contribution in [2.75, 3.05) is 22.5 Å². The first-order chi connectivity index (χ1) is 12.0. The molecule has 0 unspecified atom stereocenters. The SMILES string of the molecule is O=C(C[S@@](=O)Cc1csc(Br)c1)Nc1ccc(N2CCCC2=O)cc1. The molecule has 2 heterocycles. The van der Waals surface area contributed by atoms with Gasteiger partial charge in [-0.3, -0.25) is 13.8 Å². The second kappa shape index (κ2) is 8.25. The number of hydrogen-bond donors (Lipinski definition) is 1. The minimum absolute atomic E-state index is 0.0418. The standard InChI is InChI=1S/C17H17BrN2O3S2/c18-15-8-12(9-24-15)10-25(23)11-16(21)19-13-3-5-14(6-4-13)20-7-1-2-17(20)22/h3-6,8-9H,1-2,7,10-11H2,(H,19,21)/t25-/m0/s1. The van der Waals surface area contributed by atoms with Crippen molar-refractivity contribution in [1.82, 2.24) is 0 Å². The number of carbonyl (C=O) groups excluding carboxylic acids is 2. The lowest BCUT2D eigenvalue weighted by Crippen LogP contribution is -2.23. The van der Waals surface area contributed by atoms with Crippen molar-refractivity contribution < 1.29 is 13.8 Å². The summed E-state index contributed by atoms with van der Waals surface area (Å²) >= 11 is 4.90. The van der Waals surface area contributed by atoms with Crippen LogP contribution in [0.4, 0.5) is 11.4 Å². The van der Waals surface area contributed by atoms with E-state index in [1.165, 1.54) is 11.3 Å². The highest BCUT2D eigenvalue weighted by molar-refractivity contribution is 9.11. The smallest absolute Gasteiger partial charge is 0.237 e. The van der Waals surface area contributed by atoms with Crippen LogP contribution in [0.1, 0.15) is 18.4 Å². The number of benzene rings is 1. The van der Waals surface area contributed by atoms with Crippen molar-refractivity contribution in [2.45, 2.75) is 18.6 Å². The fourth-order valence-corrected chi connectivity index (χ4v) is 4.97. The maximum Gasteiger partial charge on any atom is 0.237 e. The third kappa shape index (κ3) is 4.99. The molecule has 1 atom stereocenters.